The molecule has 1 rings (SSSR count). The highest BCUT2D eigenvalue weighted by molar-refractivity contribution is 5.26. The minimum Gasteiger partial charge on any atom is -0.508 e. The molecule has 2 nitrogen and oxygen atoms in total. The van der Waals surface area contributed by atoms with Crippen molar-refractivity contribution in [2.75, 3.05) is 6.61 Å². The Kier molecular flexibility index (Phi) is 2.93. The highest BCUT2D eigenvalue weighted by Crippen LogP contribution is 2.11. The topological polar surface area (TPSA) is 40.5 Å². The Morgan fingerprint density at radius 1 is 1.45 bits per heavy atom. The van der Waals surface area contributed by atoms with Crippen LogP contribution in [0.5, 0.6) is 5.75 Å². The monoisotopic (exact) mass is 151 g/mol. The van der Waals surface area contributed by atoms with Crippen molar-refractivity contribution in [2.24, 2.45) is 0 Å². The first-order valence-corrected chi connectivity index (χ1v) is 3.63. The molecule has 0 unspecified atom stereocenters. The molecule has 0 aliphatic heterocycles. The molecule has 1 aromatic rings. The van der Waals surface area contributed by atoms with Crippen molar-refractivity contribution in [1.82, 2.24) is 0 Å². The second-order valence-electron chi connectivity index (χ2n) is 2.40. The average Bonchev–Trinajstić information content (AvgIpc) is 2.01. The molecule has 0 aromatic heterocycles. The summed E-state index contributed by atoms with van der Waals surface area (Å²) in [5, 5.41) is 17.6. The van der Waals surface area contributed by atoms with Crippen molar-refractivity contribution in [3.8, 4) is 5.75 Å². The van der Waals surface area contributed by atoms with Gasteiger partial charge < -0.3 is 10.2 Å². The van der Waals surface area contributed by atoms with Crippen molar-refractivity contribution in [3.63, 3.8) is 0 Å². The number of phenolic OH excluding ortho intramolecular Hbond substituents is 1. The molecule has 1 radical (unpaired) electrons. The highest BCUT2D eigenvalue weighted by atomic mass is 16.3. The van der Waals surface area contributed by atoms with Gasteiger partial charge in [-0.05, 0) is 36.6 Å². The smallest absolute Gasteiger partial charge is 0.115 e. The summed E-state index contributed by atoms with van der Waals surface area (Å²) >= 11 is 0. The predicted octanol–water partition coefficient (Wildman–Crippen LogP) is 1.12. The van der Waals surface area contributed by atoms with Crippen LogP contribution in [-0.2, 0) is 6.42 Å². The summed E-state index contributed by atoms with van der Waals surface area (Å²) in [6, 6.07) is 7.90. The van der Waals surface area contributed by atoms with Gasteiger partial charge in [-0.1, -0.05) is 6.07 Å². The third kappa shape index (κ3) is 2.60. The zero-order valence-corrected chi connectivity index (χ0v) is 6.25. The first-order valence-electron chi connectivity index (χ1n) is 3.63. The third-order valence-electron chi connectivity index (χ3n) is 1.45. The molecule has 11 heavy (non-hydrogen) atoms. The maximum atomic E-state index is 9.03. The van der Waals surface area contributed by atoms with Gasteiger partial charge in [-0.3, -0.25) is 0 Å². The van der Waals surface area contributed by atoms with Gasteiger partial charge in [0.15, 0.2) is 0 Å². The van der Waals surface area contributed by atoms with Gasteiger partial charge in [0.05, 0.1) is 0 Å². The van der Waals surface area contributed by atoms with Gasteiger partial charge in [-0.2, -0.15) is 0 Å². The van der Waals surface area contributed by atoms with E-state index in [0.29, 0.717) is 0 Å². The van der Waals surface area contributed by atoms with Crippen molar-refractivity contribution in [2.45, 2.75) is 12.8 Å². The fourth-order valence-electron chi connectivity index (χ4n) is 0.916. The van der Waals surface area contributed by atoms with Crippen molar-refractivity contribution in [1.29, 1.82) is 0 Å². The molecule has 1 aromatic carbocycles. The molecular formula is C9H11O2. The molecule has 0 fully saturated rings. The molecule has 0 amide bonds. The Morgan fingerprint density at radius 3 is 2.91 bits per heavy atom. The van der Waals surface area contributed by atoms with Crippen LogP contribution in [0.25, 0.3) is 0 Å². The number of phenols is 1. The standard InChI is InChI=1S/C9H11O2/c10-6-2-4-8-3-1-5-9(11)7-8/h1,5,7,10-11H,2,4,6H2. The lowest BCUT2D eigenvalue weighted by molar-refractivity contribution is 0.288. The van der Waals surface area contributed by atoms with Gasteiger partial charge in [0, 0.05) is 6.61 Å². The Balaban J connectivity index is 2.56. The lowest BCUT2D eigenvalue weighted by atomic mass is 10.1. The number of benzene rings is 1. The van der Waals surface area contributed by atoms with Crippen molar-refractivity contribution < 1.29 is 10.2 Å². The van der Waals surface area contributed by atoms with Crippen molar-refractivity contribution in [3.05, 3.63) is 29.8 Å². The fraction of sp³-hybridized carbons (Fsp3) is 0.333. The molecule has 0 atom stereocenters. The van der Waals surface area contributed by atoms with Crippen LogP contribution in [-0.4, -0.2) is 16.8 Å². The zero-order valence-electron chi connectivity index (χ0n) is 6.25. The molecule has 0 saturated heterocycles. The maximum absolute atomic E-state index is 9.03. The molecule has 2 heteroatoms. The molecule has 0 spiro atoms. The van der Waals surface area contributed by atoms with Crippen molar-refractivity contribution >= 4 is 0 Å². The molecule has 2 N–H and O–H groups in total. The molecule has 0 heterocycles. The van der Waals surface area contributed by atoms with Crippen LogP contribution in [0.2, 0.25) is 0 Å². The number of hydrogen-bond donors (Lipinski definition) is 2. The van der Waals surface area contributed by atoms with Gasteiger partial charge in [0.1, 0.15) is 5.75 Å². The quantitative estimate of drug-likeness (QED) is 0.679. The molecular weight excluding hydrogens is 140 g/mol. The fourth-order valence-corrected chi connectivity index (χ4v) is 0.916. The van der Waals surface area contributed by atoms with E-state index in [1.807, 2.05) is 0 Å². The molecule has 0 aliphatic carbocycles. The van der Waals surface area contributed by atoms with E-state index in [1.54, 1.807) is 18.2 Å². The summed E-state index contributed by atoms with van der Waals surface area (Å²) in [7, 11) is 0. The number of aliphatic hydroxyl groups is 1. The Labute approximate surface area is 66.1 Å². The Hall–Kier alpha value is -1.02. The van der Waals surface area contributed by atoms with Gasteiger partial charge in [-0.25, -0.2) is 0 Å². The van der Waals surface area contributed by atoms with Crippen LogP contribution in [0.3, 0.4) is 0 Å². The number of aliphatic hydroxyl groups excluding tert-OH is 1. The minimum atomic E-state index is 0.184. The Bertz CT molecular complexity index is 221. The largest absolute Gasteiger partial charge is 0.508 e. The molecule has 0 saturated carbocycles. The normalized spacial score (nSPS) is 9.91. The molecule has 0 bridgehead atoms. The minimum absolute atomic E-state index is 0.184. The van der Waals surface area contributed by atoms with Crippen LogP contribution >= 0.6 is 0 Å². The molecule has 0 aliphatic rings. The summed E-state index contributed by atoms with van der Waals surface area (Å²) in [6.45, 7) is 0.184. The van der Waals surface area contributed by atoms with Crippen LogP contribution in [0.15, 0.2) is 18.2 Å². The van der Waals surface area contributed by atoms with Gasteiger partial charge >= 0.3 is 0 Å². The second kappa shape index (κ2) is 3.98. The number of aryl methyl sites for hydroxylation is 1. The van der Waals surface area contributed by atoms with Gasteiger partial charge in [0.25, 0.3) is 0 Å². The lowest BCUT2D eigenvalue weighted by Gasteiger charge is -1.98. The summed E-state index contributed by atoms with van der Waals surface area (Å²) < 4.78 is 0. The van der Waals surface area contributed by atoms with E-state index in [4.69, 9.17) is 10.2 Å². The van der Waals surface area contributed by atoms with E-state index in [2.05, 4.69) is 6.07 Å². The third-order valence-corrected chi connectivity index (χ3v) is 1.45. The maximum Gasteiger partial charge on any atom is 0.115 e. The van der Waals surface area contributed by atoms with E-state index in [0.717, 1.165) is 18.4 Å². The van der Waals surface area contributed by atoms with E-state index >= 15 is 0 Å². The second-order valence-corrected chi connectivity index (χ2v) is 2.40. The lowest BCUT2D eigenvalue weighted by Crippen LogP contribution is -1.88. The Morgan fingerprint density at radius 2 is 2.27 bits per heavy atom. The molecule has 59 valence electrons. The van der Waals surface area contributed by atoms with E-state index in [9.17, 15) is 0 Å². The summed E-state index contributed by atoms with van der Waals surface area (Å²) in [4.78, 5) is 0. The van der Waals surface area contributed by atoms with Crippen LogP contribution in [0.4, 0.5) is 0 Å². The van der Waals surface area contributed by atoms with Crippen LogP contribution in [0.1, 0.15) is 12.0 Å². The SMILES string of the molecule is OCCCc1[c]ccc(O)c1. The van der Waals surface area contributed by atoms with Crippen LogP contribution < -0.4 is 0 Å². The number of rotatable bonds is 3. The summed E-state index contributed by atoms with van der Waals surface area (Å²) in [5.41, 5.74) is 0.944. The van der Waals surface area contributed by atoms with Gasteiger partial charge in [-0.15, -0.1) is 0 Å². The van der Waals surface area contributed by atoms with Gasteiger partial charge in [0.2, 0.25) is 0 Å². The first-order chi connectivity index (χ1) is 5.33. The average molecular weight is 151 g/mol. The van der Waals surface area contributed by atoms with E-state index in [-0.39, 0.29) is 12.4 Å². The highest BCUT2D eigenvalue weighted by Gasteiger charge is 1.93. The first kappa shape index (κ1) is 8.08. The van der Waals surface area contributed by atoms with E-state index in [1.165, 1.54) is 0 Å². The predicted molar refractivity (Wildman–Crippen MR) is 42.3 cm³/mol. The van der Waals surface area contributed by atoms with E-state index < -0.39 is 0 Å². The number of hydrogen-bond acceptors (Lipinski definition) is 2. The number of aromatic hydroxyl groups is 1. The summed E-state index contributed by atoms with van der Waals surface area (Å²) in [5.74, 6) is 0.261. The zero-order chi connectivity index (χ0) is 8.10. The van der Waals surface area contributed by atoms with Crippen LogP contribution in [0, 0.1) is 6.07 Å². The summed E-state index contributed by atoms with van der Waals surface area (Å²) in [6.07, 6.45) is 1.49.